The monoisotopic (exact) mass is 197 g/mol. The van der Waals surface area contributed by atoms with Crippen molar-refractivity contribution < 1.29 is 4.74 Å². The lowest BCUT2D eigenvalue weighted by molar-refractivity contribution is 0.0885. The van der Waals surface area contributed by atoms with E-state index in [1.807, 2.05) is 0 Å². The summed E-state index contributed by atoms with van der Waals surface area (Å²) in [6.45, 7) is 5.03. The van der Waals surface area contributed by atoms with Crippen molar-refractivity contribution in [2.75, 3.05) is 26.7 Å². The topological polar surface area (TPSA) is 36.9 Å². The van der Waals surface area contributed by atoms with Gasteiger partial charge in [0.05, 0.1) is 18.7 Å². The molecule has 2 unspecified atom stereocenters. The molecule has 2 aliphatic rings. The van der Waals surface area contributed by atoms with Crippen molar-refractivity contribution in [1.82, 2.24) is 10.2 Å². The molecule has 0 aromatic carbocycles. The highest BCUT2D eigenvalue weighted by molar-refractivity contribution is 5.81. The smallest absolute Gasteiger partial charge is 0.194 e. The van der Waals surface area contributed by atoms with Gasteiger partial charge in [0, 0.05) is 20.2 Å². The molecule has 0 aliphatic carbocycles. The number of nitrogens with zero attached hydrogens (tertiary/aromatic N) is 2. The first kappa shape index (κ1) is 9.77. The second-order valence-corrected chi connectivity index (χ2v) is 4.11. The van der Waals surface area contributed by atoms with E-state index in [4.69, 9.17) is 4.74 Å². The van der Waals surface area contributed by atoms with E-state index < -0.39 is 0 Å². The zero-order chi connectivity index (χ0) is 9.97. The van der Waals surface area contributed by atoms with Crippen LogP contribution in [0.5, 0.6) is 0 Å². The number of guanidine groups is 1. The molecule has 0 saturated carbocycles. The largest absolute Gasteiger partial charge is 0.376 e. The lowest BCUT2D eigenvalue weighted by Gasteiger charge is -2.24. The quantitative estimate of drug-likeness (QED) is 0.698. The number of likely N-dealkylation sites (N-methyl/N-ethyl adjacent to an activating group) is 1. The van der Waals surface area contributed by atoms with Gasteiger partial charge < -0.3 is 15.0 Å². The van der Waals surface area contributed by atoms with E-state index in [0.29, 0.717) is 12.1 Å². The maximum Gasteiger partial charge on any atom is 0.194 e. The number of rotatable bonds is 2. The molecule has 4 nitrogen and oxygen atoms in total. The van der Waals surface area contributed by atoms with Gasteiger partial charge in [-0.3, -0.25) is 4.99 Å². The summed E-state index contributed by atoms with van der Waals surface area (Å²) in [6, 6.07) is 0.372. The molecule has 80 valence electrons. The molecule has 0 aromatic heterocycles. The minimum absolute atomic E-state index is 0.367. The number of hydrogen-bond donors (Lipinski definition) is 1. The molecule has 0 aromatic rings. The molecule has 0 radical (unpaired) electrons. The van der Waals surface area contributed by atoms with Crippen LogP contribution >= 0.6 is 0 Å². The second-order valence-electron chi connectivity index (χ2n) is 4.11. The van der Waals surface area contributed by atoms with Crippen LogP contribution in [0.25, 0.3) is 0 Å². The average molecular weight is 197 g/mol. The van der Waals surface area contributed by atoms with Crippen LogP contribution in [0, 0.1) is 0 Å². The number of aliphatic imine (C=N–C) groups is 1. The van der Waals surface area contributed by atoms with Gasteiger partial charge in [0.1, 0.15) is 0 Å². The summed E-state index contributed by atoms with van der Waals surface area (Å²) in [5.74, 6) is 1.02. The van der Waals surface area contributed by atoms with Crippen molar-refractivity contribution in [2.45, 2.75) is 31.9 Å². The maximum atomic E-state index is 5.62. The second kappa shape index (κ2) is 4.17. The van der Waals surface area contributed by atoms with Gasteiger partial charge in [-0.15, -0.1) is 0 Å². The van der Waals surface area contributed by atoms with E-state index in [0.717, 1.165) is 25.7 Å². The molecule has 0 bridgehead atoms. The van der Waals surface area contributed by atoms with Gasteiger partial charge >= 0.3 is 0 Å². The number of hydrogen-bond acceptors (Lipinski definition) is 4. The van der Waals surface area contributed by atoms with Gasteiger partial charge in [0.15, 0.2) is 5.96 Å². The van der Waals surface area contributed by atoms with E-state index in [2.05, 4.69) is 29.2 Å². The van der Waals surface area contributed by atoms with Crippen molar-refractivity contribution in [1.29, 1.82) is 0 Å². The van der Waals surface area contributed by atoms with Gasteiger partial charge in [0.2, 0.25) is 0 Å². The van der Waals surface area contributed by atoms with Crippen LogP contribution in [0.3, 0.4) is 0 Å². The molecular formula is C10H19N3O. The van der Waals surface area contributed by atoms with E-state index in [1.165, 1.54) is 12.8 Å². The molecule has 2 aliphatic heterocycles. The minimum Gasteiger partial charge on any atom is -0.376 e. The minimum atomic E-state index is 0.367. The Labute approximate surface area is 85.3 Å². The molecule has 2 atom stereocenters. The van der Waals surface area contributed by atoms with Crippen molar-refractivity contribution >= 4 is 5.96 Å². The van der Waals surface area contributed by atoms with E-state index in [-0.39, 0.29) is 0 Å². The van der Waals surface area contributed by atoms with Crippen molar-refractivity contribution in [3.63, 3.8) is 0 Å². The lowest BCUT2D eigenvalue weighted by Crippen LogP contribution is -2.45. The van der Waals surface area contributed by atoms with E-state index in [9.17, 15) is 0 Å². The summed E-state index contributed by atoms with van der Waals surface area (Å²) in [6.07, 6.45) is 2.73. The first-order valence-corrected chi connectivity index (χ1v) is 5.41. The fourth-order valence-corrected chi connectivity index (χ4v) is 1.98. The third kappa shape index (κ3) is 2.00. The number of ether oxygens (including phenoxy) is 1. The first-order chi connectivity index (χ1) is 6.77. The summed E-state index contributed by atoms with van der Waals surface area (Å²) in [7, 11) is 2.07. The Morgan fingerprint density at radius 2 is 2.50 bits per heavy atom. The zero-order valence-corrected chi connectivity index (χ0v) is 8.99. The lowest BCUT2D eigenvalue weighted by atomic mass is 10.1. The Morgan fingerprint density at radius 3 is 3.07 bits per heavy atom. The van der Waals surface area contributed by atoms with Crippen molar-refractivity contribution in [2.24, 2.45) is 4.99 Å². The molecule has 1 fully saturated rings. The molecule has 0 amide bonds. The van der Waals surface area contributed by atoms with Crippen LogP contribution in [0.15, 0.2) is 4.99 Å². The maximum absolute atomic E-state index is 5.62. The van der Waals surface area contributed by atoms with Gasteiger partial charge in [-0.25, -0.2) is 0 Å². The molecule has 2 rings (SSSR count). The summed E-state index contributed by atoms with van der Waals surface area (Å²) < 4.78 is 5.62. The Kier molecular flexibility index (Phi) is 2.91. The predicted octanol–water partition coefficient (Wildman–Crippen LogP) is 0.445. The standard InChI is InChI=1S/C10H19N3O/c1-8(9-4-3-7-14-9)12-10-11-5-6-13(10)2/h8-9H,3-7H2,1-2H3,(H,11,12). The van der Waals surface area contributed by atoms with Gasteiger partial charge in [-0.05, 0) is 19.8 Å². The first-order valence-electron chi connectivity index (χ1n) is 5.41. The molecular weight excluding hydrogens is 178 g/mol. The Hall–Kier alpha value is -0.770. The molecule has 1 saturated heterocycles. The van der Waals surface area contributed by atoms with Gasteiger partial charge in [0.25, 0.3) is 0 Å². The van der Waals surface area contributed by atoms with E-state index in [1.54, 1.807) is 0 Å². The van der Waals surface area contributed by atoms with Crippen LogP contribution in [0.4, 0.5) is 0 Å². The van der Waals surface area contributed by atoms with Gasteiger partial charge in [-0.1, -0.05) is 0 Å². The van der Waals surface area contributed by atoms with Crippen LogP contribution in [0.1, 0.15) is 19.8 Å². The molecule has 1 N–H and O–H groups in total. The summed E-state index contributed by atoms with van der Waals surface area (Å²) in [5, 5.41) is 3.42. The third-order valence-corrected chi connectivity index (χ3v) is 2.94. The van der Waals surface area contributed by atoms with Crippen molar-refractivity contribution in [3.05, 3.63) is 0 Å². The SMILES string of the molecule is CC(NC1=NCCN1C)C1CCCO1. The highest BCUT2D eigenvalue weighted by atomic mass is 16.5. The van der Waals surface area contributed by atoms with Crippen LogP contribution in [-0.2, 0) is 4.74 Å². The molecule has 2 heterocycles. The summed E-state index contributed by atoms with van der Waals surface area (Å²) in [5.41, 5.74) is 0. The highest BCUT2D eigenvalue weighted by Crippen LogP contribution is 2.15. The van der Waals surface area contributed by atoms with Crippen molar-refractivity contribution in [3.8, 4) is 0 Å². The Morgan fingerprint density at radius 1 is 1.64 bits per heavy atom. The fraction of sp³-hybridized carbons (Fsp3) is 0.900. The normalized spacial score (nSPS) is 29.1. The van der Waals surface area contributed by atoms with Crippen LogP contribution in [0.2, 0.25) is 0 Å². The highest BCUT2D eigenvalue weighted by Gasteiger charge is 2.24. The number of nitrogens with one attached hydrogen (secondary N) is 1. The molecule has 0 spiro atoms. The summed E-state index contributed by atoms with van der Waals surface area (Å²) in [4.78, 5) is 6.56. The molecule has 14 heavy (non-hydrogen) atoms. The third-order valence-electron chi connectivity index (χ3n) is 2.94. The Bertz CT molecular complexity index is 223. The van der Waals surface area contributed by atoms with Gasteiger partial charge in [-0.2, -0.15) is 0 Å². The fourth-order valence-electron chi connectivity index (χ4n) is 1.98. The van der Waals surface area contributed by atoms with Crippen LogP contribution < -0.4 is 5.32 Å². The van der Waals surface area contributed by atoms with Crippen LogP contribution in [-0.4, -0.2) is 49.7 Å². The Balaban J connectivity index is 1.84. The van der Waals surface area contributed by atoms with E-state index >= 15 is 0 Å². The average Bonchev–Trinajstić information content (AvgIpc) is 2.77. The zero-order valence-electron chi connectivity index (χ0n) is 8.99. The molecule has 4 heteroatoms. The predicted molar refractivity (Wildman–Crippen MR) is 56.5 cm³/mol. The summed E-state index contributed by atoms with van der Waals surface area (Å²) >= 11 is 0.